The van der Waals surface area contributed by atoms with E-state index in [1.54, 1.807) is 5.56 Å². The van der Waals surface area contributed by atoms with Gasteiger partial charge in [-0.3, -0.25) is 0 Å². The van der Waals surface area contributed by atoms with Gasteiger partial charge in [0.25, 0.3) is 6.33 Å². The van der Waals surface area contributed by atoms with Crippen molar-refractivity contribution in [1.82, 2.24) is 4.98 Å². The summed E-state index contributed by atoms with van der Waals surface area (Å²) in [5.41, 5.74) is 12.4. The highest BCUT2D eigenvalue weighted by atomic mass is 15.0. The number of aromatic nitrogens is 2. The van der Waals surface area contributed by atoms with Gasteiger partial charge in [0.15, 0.2) is 5.69 Å². The zero-order chi connectivity index (χ0) is 18.5. The number of hydrogen-bond donors (Lipinski definition) is 0. The first-order valence-corrected chi connectivity index (χ1v) is 10.2. The number of nitrogens with zero attached hydrogens (tertiary/aromatic N) is 2. The quantitative estimate of drug-likeness (QED) is 0.439. The van der Waals surface area contributed by atoms with Crippen LogP contribution in [0.2, 0.25) is 0 Å². The van der Waals surface area contributed by atoms with Gasteiger partial charge >= 0.3 is 0 Å². The van der Waals surface area contributed by atoms with Crippen molar-refractivity contribution in [2.45, 2.75) is 51.9 Å². The Morgan fingerprint density at radius 1 is 0.963 bits per heavy atom. The smallest absolute Gasteiger partial charge is 0.232 e. The molecule has 2 nitrogen and oxygen atoms in total. The monoisotopic (exact) mass is 355 g/mol. The molecular formula is C25H27N2+. The molecule has 2 aliphatic carbocycles. The molecular weight excluding hydrogens is 328 g/mol. The summed E-state index contributed by atoms with van der Waals surface area (Å²) in [7, 11) is 2.13. The molecule has 2 aliphatic rings. The predicted molar refractivity (Wildman–Crippen MR) is 110 cm³/mol. The molecule has 3 aromatic rings. The van der Waals surface area contributed by atoms with E-state index in [4.69, 9.17) is 4.98 Å². The van der Waals surface area contributed by atoms with Gasteiger partial charge in [0.2, 0.25) is 0 Å². The molecule has 1 fully saturated rings. The summed E-state index contributed by atoms with van der Waals surface area (Å²) in [6, 6.07) is 13.7. The molecule has 1 saturated carbocycles. The fourth-order valence-electron chi connectivity index (χ4n) is 5.17. The lowest BCUT2D eigenvalue weighted by Gasteiger charge is -2.14. The van der Waals surface area contributed by atoms with Crippen molar-refractivity contribution < 1.29 is 4.57 Å². The van der Waals surface area contributed by atoms with Crippen LogP contribution < -0.4 is 4.57 Å². The third kappa shape index (κ3) is 2.62. The summed E-state index contributed by atoms with van der Waals surface area (Å²) in [6.45, 7) is 4.39. The van der Waals surface area contributed by atoms with Crippen molar-refractivity contribution in [3.63, 3.8) is 0 Å². The summed E-state index contributed by atoms with van der Waals surface area (Å²) in [5, 5.41) is 0. The third-order valence-electron chi connectivity index (χ3n) is 6.55. The first kappa shape index (κ1) is 16.7. The topological polar surface area (TPSA) is 16.8 Å². The van der Waals surface area contributed by atoms with Gasteiger partial charge in [-0.2, -0.15) is 0 Å². The van der Waals surface area contributed by atoms with E-state index in [1.807, 2.05) is 6.33 Å². The molecule has 27 heavy (non-hydrogen) atoms. The molecule has 0 N–H and O–H groups in total. The Labute approximate surface area is 161 Å². The van der Waals surface area contributed by atoms with Crippen molar-refractivity contribution in [2.75, 3.05) is 0 Å². The van der Waals surface area contributed by atoms with Crippen LogP contribution >= 0.6 is 0 Å². The number of aryl methyl sites for hydroxylation is 3. The number of benzene rings is 2. The molecule has 0 aliphatic heterocycles. The molecule has 0 saturated heterocycles. The molecule has 136 valence electrons. The van der Waals surface area contributed by atoms with E-state index in [0.717, 1.165) is 12.3 Å². The van der Waals surface area contributed by atoms with Crippen LogP contribution in [0, 0.1) is 13.8 Å². The van der Waals surface area contributed by atoms with E-state index >= 15 is 0 Å². The zero-order valence-corrected chi connectivity index (χ0v) is 16.5. The number of fused-ring (bicyclic) bond motifs is 3. The first-order chi connectivity index (χ1) is 13.1. The summed E-state index contributed by atoms with van der Waals surface area (Å²) in [6.07, 6.45) is 8.45. The van der Waals surface area contributed by atoms with Crippen molar-refractivity contribution in [1.29, 1.82) is 0 Å². The fraction of sp³-hybridized carbons (Fsp3) is 0.360. The predicted octanol–water partition coefficient (Wildman–Crippen LogP) is 5.42. The van der Waals surface area contributed by atoms with E-state index in [9.17, 15) is 0 Å². The first-order valence-electron chi connectivity index (χ1n) is 10.2. The van der Waals surface area contributed by atoms with Crippen LogP contribution in [0.5, 0.6) is 0 Å². The third-order valence-corrected chi connectivity index (χ3v) is 6.55. The van der Waals surface area contributed by atoms with Crippen LogP contribution in [-0.2, 0) is 13.5 Å². The summed E-state index contributed by atoms with van der Waals surface area (Å²) < 4.78 is 2.21. The van der Waals surface area contributed by atoms with Gasteiger partial charge in [-0.15, -0.1) is 0 Å². The Morgan fingerprint density at radius 2 is 1.78 bits per heavy atom. The Balaban J connectivity index is 1.70. The van der Waals surface area contributed by atoms with E-state index in [2.05, 4.69) is 61.9 Å². The van der Waals surface area contributed by atoms with Gasteiger partial charge in [-0.05, 0) is 60.3 Å². The van der Waals surface area contributed by atoms with Crippen LogP contribution in [-0.4, -0.2) is 4.98 Å². The van der Waals surface area contributed by atoms with Gasteiger partial charge in [-0.25, -0.2) is 4.57 Å². The second-order valence-corrected chi connectivity index (χ2v) is 8.38. The highest BCUT2D eigenvalue weighted by molar-refractivity contribution is 5.81. The zero-order valence-electron chi connectivity index (χ0n) is 16.5. The van der Waals surface area contributed by atoms with Gasteiger partial charge in [0.05, 0.1) is 12.6 Å². The molecule has 0 radical (unpaired) electrons. The molecule has 0 unspecified atom stereocenters. The van der Waals surface area contributed by atoms with E-state index in [1.165, 1.54) is 70.5 Å². The Hall–Kier alpha value is -2.48. The second-order valence-electron chi connectivity index (χ2n) is 8.38. The number of hydrogen-bond acceptors (Lipinski definition) is 1. The lowest BCUT2D eigenvalue weighted by atomic mass is 9.90. The van der Waals surface area contributed by atoms with E-state index < -0.39 is 0 Å². The maximum atomic E-state index is 4.87. The van der Waals surface area contributed by atoms with Gasteiger partial charge in [0.1, 0.15) is 5.69 Å². The molecule has 2 aromatic carbocycles. The van der Waals surface area contributed by atoms with Crippen molar-refractivity contribution >= 4 is 0 Å². The number of rotatable bonds is 2. The average Bonchev–Trinajstić information content (AvgIpc) is 3.31. The van der Waals surface area contributed by atoms with Crippen molar-refractivity contribution in [3.05, 3.63) is 70.5 Å². The fourth-order valence-corrected chi connectivity index (χ4v) is 5.17. The van der Waals surface area contributed by atoms with Crippen LogP contribution in [0.25, 0.3) is 22.5 Å². The van der Waals surface area contributed by atoms with Crippen molar-refractivity contribution in [2.24, 2.45) is 7.05 Å². The molecule has 0 bridgehead atoms. The highest BCUT2D eigenvalue weighted by Gasteiger charge is 2.33. The maximum Gasteiger partial charge on any atom is 0.287 e. The lowest BCUT2D eigenvalue weighted by Crippen LogP contribution is -2.33. The minimum Gasteiger partial charge on any atom is -0.232 e. The van der Waals surface area contributed by atoms with Crippen LogP contribution in [0.4, 0.5) is 0 Å². The van der Waals surface area contributed by atoms with E-state index in [0.29, 0.717) is 0 Å². The van der Waals surface area contributed by atoms with Crippen LogP contribution in [0.15, 0.2) is 42.7 Å². The highest BCUT2D eigenvalue weighted by Crippen LogP contribution is 2.45. The van der Waals surface area contributed by atoms with Gasteiger partial charge in [-0.1, -0.05) is 48.7 Å². The van der Waals surface area contributed by atoms with Crippen LogP contribution in [0.1, 0.15) is 59.4 Å². The SMILES string of the molecule is Cc1ccc(C)c(-c2c3c(nc[n+]2C)-c2cccc(C4CCCC4)c2C3)c1. The Morgan fingerprint density at radius 3 is 2.59 bits per heavy atom. The minimum absolute atomic E-state index is 0.743. The molecule has 0 amide bonds. The normalized spacial score (nSPS) is 15.8. The summed E-state index contributed by atoms with van der Waals surface area (Å²) >= 11 is 0. The maximum absolute atomic E-state index is 4.87. The molecule has 0 spiro atoms. The largest absolute Gasteiger partial charge is 0.287 e. The van der Waals surface area contributed by atoms with Gasteiger partial charge < -0.3 is 0 Å². The van der Waals surface area contributed by atoms with Crippen molar-refractivity contribution in [3.8, 4) is 22.5 Å². The molecule has 5 rings (SSSR count). The standard InChI is InChI=1S/C25H27N2/c1-16-11-12-17(2)21(13-16)25-23-14-22-19(18-7-4-5-8-18)9-6-10-20(22)24(23)26-15-27(25)3/h6,9-13,15,18H,4-5,7-8,14H2,1-3H3/q+1. The molecule has 0 atom stereocenters. The molecule has 1 heterocycles. The second kappa shape index (κ2) is 6.30. The minimum atomic E-state index is 0.743. The summed E-state index contributed by atoms with van der Waals surface area (Å²) in [4.78, 5) is 4.87. The Kier molecular flexibility index (Phi) is 3.89. The molecule has 1 aromatic heterocycles. The lowest BCUT2D eigenvalue weighted by molar-refractivity contribution is -0.663. The van der Waals surface area contributed by atoms with E-state index in [-0.39, 0.29) is 0 Å². The molecule has 2 heteroatoms. The van der Waals surface area contributed by atoms with Crippen LogP contribution in [0.3, 0.4) is 0 Å². The Bertz CT molecular complexity index is 1040. The average molecular weight is 356 g/mol. The van der Waals surface area contributed by atoms with Gasteiger partial charge in [0, 0.05) is 17.5 Å². The summed E-state index contributed by atoms with van der Waals surface area (Å²) in [5.74, 6) is 0.743.